The van der Waals surface area contributed by atoms with Gasteiger partial charge in [0.2, 0.25) is 11.8 Å². The van der Waals surface area contributed by atoms with Crippen molar-refractivity contribution in [2.24, 2.45) is 0 Å². The number of methoxy groups -OCH3 is 1. The normalized spacial score (nSPS) is 11.3. The molecule has 0 aliphatic heterocycles. The van der Waals surface area contributed by atoms with E-state index in [1.165, 1.54) is 0 Å². The third-order valence-electron chi connectivity index (χ3n) is 2.46. The molecule has 7 heteroatoms. The van der Waals surface area contributed by atoms with E-state index in [9.17, 15) is 9.59 Å². The second-order valence-corrected chi connectivity index (χ2v) is 4.15. The van der Waals surface area contributed by atoms with Crippen molar-refractivity contribution in [3.8, 4) is 0 Å². The molecule has 1 unspecified atom stereocenters. The van der Waals surface area contributed by atoms with Gasteiger partial charge >= 0.3 is 0 Å². The van der Waals surface area contributed by atoms with Crippen molar-refractivity contribution in [3.05, 3.63) is 0 Å². The lowest BCUT2D eigenvalue weighted by Gasteiger charge is -2.11. The highest BCUT2D eigenvalue weighted by Gasteiger charge is 2.06. The van der Waals surface area contributed by atoms with Crippen LogP contribution in [0.15, 0.2) is 0 Å². The van der Waals surface area contributed by atoms with Crippen LogP contribution in [0.25, 0.3) is 0 Å². The fourth-order valence-corrected chi connectivity index (χ4v) is 1.20. The van der Waals surface area contributed by atoms with Gasteiger partial charge in [0, 0.05) is 32.7 Å². The molecule has 0 saturated carbocycles. The van der Waals surface area contributed by atoms with Crippen LogP contribution < -0.4 is 16.0 Å². The Balaban J connectivity index is 0. The molecule has 0 rings (SSSR count). The third-order valence-corrected chi connectivity index (χ3v) is 2.46. The van der Waals surface area contributed by atoms with Crippen molar-refractivity contribution in [1.82, 2.24) is 16.0 Å². The number of hydrogen-bond donors (Lipinski definition) is 3. The first-order chi connectivity index (χ1) is 8.60. The van der Waals surface area contributed by atoms with Crippen molar-refractivity contribution in [3.63, 3.8) is 0 Å². The lowest BCUT2D eigenvalue weighted by atomic mass is 10.2. The molecule has 114 valence electrons. The van der Waals surface area contributed by atoms with Gasteiger partial charge in [-0.15, -0.1) is 12.4 Å². The van der Waals surface area contributed by atoms with Crippen molar-refractivity contribution >= 4 is 24.2 Å². The van der Waals surface area contributed by atoms with E-state index in [-0.39, 0.29) is 36.8 Å². The predicted molar refractivity (Wildman–Crippen MR) is 77.5 cm³/mol. The third kappa shape index (κ3) is 13.4. The lowest BCUT2D eigenvalue weighted by molar-refractivity contribution is -0.122. The van der Waals surface area contributed by atoms with Crippen LogP contribution in [0.2, 0.25) is 0 Å². The highest BCUT2D eigenvalue weighted by Crippen LogP contribution is 1.88. The summed E-state index contributed by atoms with van der Waals surface area (Å²) in [6, 6.07) is 0.184. The average molecular weight is 296 g/mol. The standard InChI is InChI=1S/C12H25N3O3.ClH/c1-4-10(2)15-11(16)5-6-14-12(17)9-13-7-8-18-3;/h10,13H,4-9H2,1-3H3,(H,14,17)(H,15,16);1H. The maximum absolute atomic E-state index is 11.4. The van der Waals surface area contributed by atoms with Gasteiger partial charge in [-0.25, -0.2) is 0 Å². The lowest BCUT2D eigenvalue weighted by Crippen LogP contribution is -2.38. The van der Waals surface area contributed by atoms with Gasteiger partial charge in [0.05, 0.1) is 13.2 Å². The zero-order chi connectivity index (χ0) is 13.8. The molecule has 0 fully saturated rings. The second kappa shape index (κ2) is 13.6. The molecule has 6 nitrogen and oxygen atoms in total. The summed E-state index contributed by atoms with van der Waals surface area (Å²) in [5.41, 5.74) is 0. The number of halogens is 1. The maximum atomic E-state index is 11.4. The first-order valence-corrected chi connectivity index (χ1v) is 6.35. The number of hydrogen-bond acceptors (Lipinski definition) is 4. The van der Waals surface area contributed by atoms with Gasteiger partial charge in [0.15, 0.2) is 0 Å². The molecule has 0 aliphatic rings. The summed E-state index contributed by atoms with van der Waals surface area (Å²) in [5.74, 6) is -0.139. The molecule has 0 heterocycles. The summed E-state index contributed by atoms with van der Waals surface area (Å²) >= 11 is 0. The number of carbonyl (C=O) groups excluding carboxylic acids is 2. The van der Waals surface area contributed by atoms with Gasteiger partial charge in [-0.05, 0) is 13.3 Å². The number of amides is 2. The minimum Gasteiger partial charge on any atom is -0.383 e. The minimum atomic E-state index is -0.109. The van der Waals surface area contributed by atoms with Gasteiger partial charge in [-0.1, -0.05) is 6.92 Å². The van der Waals surface area contributed by atoms with Gasteiger partial charge in [0.25, 0.3) is 0 Å². The van der Waals surface area contributed by atoms with E-state index in [0.717, 1.165) is 6.42 Å². The molecule has 0 saturated heterocycles. The summed E-state index contributed by atoms with van der Waals surface area (Å²) in [7, 11) is 1.61. The molecular formula is C12H26ClN3O3. The summed E-state index contributed by atoms with van der Waals surface area (Å²) in [4.78, 5) is 22.7. The molecule has 0 aliphatic carbocycles. The molecule has 3 N–H and O–H groups in total. The Bertz CT molecular complexity index is 252. The Labute approximate surface area is 121 Å². The highest BCUT2D eigenvalue weighted by molar-refractivity contribution is 5.85. The van der Waals surface area contributed by atoms with E-state index in [1.807, 2.05) is 13.8 Å². The van der Waals surface area contributed by atoms with Crippen molar-refractivity contribution in [1.29, 1.82) is 0 Å². The molecule has 0 aromatic rings. The van der Waals surface area contributed by atoms with E-state index in [2.05, 4.69) is 16.0 Å². The summed E-state index contributed by atoms with van der Waals surface area (Å²) in [6.45, 7) is 5.79. The zero-order valence-corrected chi connectivity index (χ0v) is 12.8. The number of ether oxygens (including phenoxy) is 1. The van der Waals surface area contributed by atoms with Crippen molar-refractivity contribution in [2.75, 3.05) is 33.4 Å². The first kappa shape index (κ1) is 20.5. The van der Waals surface area contributed by atoms with Crippen LogP contribution in [0, 0.1) is 0 Å². The van der Waals surface area contributed by atoms with E-state index in [0.29, 0.717) is 26.1 Å². The van der Waals surface area contributed by atoms with E-state index in [4.69, 9.17) is 4.74 Å². The van der Waals surface area contributed by atoms with Crippen LogP contribution in [0.1, 0.15) is 26.7 Å². The Morgan fingerprint density at radius 2 is 1.89 bits per heavy atom. The molecule has 0 bridgehead atoms. The molecule has 0 spiro atoms. The zero-order valence-electron chi connectivity index (χ0n) is 12.0. The highest BCUT2D eigenvalue weighted by atomic mass is 35.5. The first-order valence-electron chi connectivity index (χ1n) is 6.35. The number of nitrogens with one attached hydrogen (secondary N) is 3. The number of rotatable bonds is 10. The fraction of sp³-hybridized carbons (Fsp3) is 0.833. The summed E-state index contributed by atoms with van der Waals surface area (Å²) in [6.07, 6.45) is 1.22. The van der Waals surface area contributed by atoms with E-state index < -0.39 is 0 Å². The smallest absolute Gasteiger partial charge is 0.233 e. The summed E-state index contributed by atoms with van der Waals surface area (Å²) < 4.78 is 4.84. The summed E-state index contributed by atoms with van der Waals surface area (Å²) in [5, 5.41) is 8.45. The minimum absolute atomic E-state index is 0. The van der Waals surface area contributed by atoms with Crippen LogP contribution >= 0.6 is 12.4 Å². The molecule has 2 amide bonds. The van der Waals surface area contributed by atoms with Crippen LogP contribution in [-0.4, -0.2) is 51.2 Å². The molecule has 1 atom stereocenters. The molecule has 0 radical (unpaired) electrons. The van der Waals surface area contributed by atoms with Gasteiger partial charge in [-0.3, -0.25) is 9.59 Å². The average Bonchev–Trinajstić information content (AvgIpc) is 2.34. The molecule has 0 aromatic carbocycles. The Kier molecular flexibility index (Phi) is 14.6. The quantitative estimate of drug-likeness (QED) is 0.498. The maximum Gasteiger partial charge on any atom is 0.233 e. The van der Waals surface area contributed by atoms with Crippen molar-refractivity contribution in [2.45, 2.75) is 32.7 Å². The SMILES string of the molecule is CCC(C)NC(=O)CCNC(=O)CNCCOC.Cl. The topological polar surface area (TPSA) is 79.5 Å². The Morgan fingerprint density at radius 3 is 2.47 bits per heavy atom. The van der Waals surface area contributed by atoms with Crippen LogP contribution in [0.4, 0.5) is 0 Å². The monoisotopic (exact) mass is 295 g/mol. The molecule has 19 heavy (non-hydrogen) atoms. The predicted octanol–water partition coefficient (Wildman–Crippen LogP) is 0.0652. The molecular weight excluding hydrogens is 270 g/mol. The van der Waals surface area contributed by atoms with Crippen LogP contribution in [-0.2, 0) is 14.3 Å². The Morgan fingerprint density at radius 1 is 1.21 bits per heavy atom. The van der Waals surface area contributed by atoms with E-state index in [1.54, 1.807) is 7.11 Å². The fourth-order valence-electron chi connectivity index (χ4n) is 1.20. The van der Waals surface area contributed by atoms with E-state index >= 15 is 0 Å². The van der Waals surface area contributed by atoms with Gasteiger partial charge in [0.1, 0.15) is 0 Å². The van der Waals surface area contributed by atoms with Gasteiger partial charge < -0.3 is 20.7 Å². The largest absolute Gasteiger partial charge is 0.383 e. The van der Waals surface area contributed by atoms with Crippen molar-refractivity contribution < 1.29 is 14.3 Å². The van der Waals surface area contributed by atoms with Crippen LogP contribution in [0.3, 0.4) is 0 Å². The Hall–Kier alpha value is -0.850. The second-order valence-electron chi connectivity index (χ2n) is 4.15. The van der Waals surface area contributed by atoms with Gasteiger partial charge in [-0.2, -0.15) is 0 Å². The van der Waals surface area contributed by atoms with Crippen LogP contribution in [0.5, 0.6) is 0 Å². The number of carbonyl (C=O) groups is 2. The molecule has 0 aromatic heterocycles.